The lowest BCUT2D eigenvalue weighted by Crippen LogP contribution is -1.97. The minimum atomic E-state index is 0.312. The molecule has 0 aliphatic rings. The Morgan fingerprint density at radius 2 is 1.50 bits per heavy atom. The summed E-state index contributed by atoms with van der Waals surface area (Å²) in [7, 11) is 1.63. The number of allylic oxidation sites excluding steroid dienone is 2. The van der Waals surface area contributed by atoms with Crippen molar-refractivity contribution in [1.82, 2.24) is 0 Å². The van der Waals surface area contributed by atoms with Crippen molar-refractivity contribution in [1.29, 1.82) is 0 Å². The molecule has 24 heavy (non-hydrogen) atoms. The predicted molar refractivity (Wildman–Crippen MR) is 105 cm³/mol. The lowest BCUT2D eigenvalue weighted by atomic mass is 10.0. The fraction of sp³-hybridized carbons (Fsp3) is 0.150. The van der Waals surface area contributed by atoms with Crippen molar-refractivity contribution >= 4 is 39.6 Å². The van der Waals surface area contributed by atoms with Gasteiger partial charge in [0.25, 0.3) is 0 Å². The zero-order chi connectivity index (χ0) is 17.7. The highest BCUT2D eigenvalue weighted by atomic mass is 35.5. The maximum atomic E-state index is 6.44. The number of ether oxygens (including phenoxy) is 1. The van der Waals surface area contributed by atoms with E-state index in [4.69, 9.17) is 27.9 Å². The fourth-order valence-electron chi connectivity index (χ4n) is 2.20. The molecule has 2 aromatic rings. The third-order valence-corrected chi connectivity index (χ3v) is 4.01. The summed E-state index contributed by atoms with van der Waals surface area (Å²) in [5.74, 6) is 0.776. The molecular weight excluding hydrogens is 341 g/mol. The highest BCUT2D eigenvalue weighted by molar-refractivity contribution is 6.77. The molecule has 0 saturated heterocycles. The van der Waals surface area contributed by atoms with Crippen LogP contribution in [-0.2, 0) is 0 Å². The molecule has 0 aliphatic carbocycles. The third kappa shape index (κ3) is 4.50. The molecule has 2 rings (SSSR count). The molecule has 124 valence electrons. The Morgan fingerprint density at radius 1 is 0.958 bits per heavy atom. The molecule has 0 radical (unpaired) electrons. The average molecular weight is 360 g/mol. The first kappa shape index (κ1) is 18.3. The molecule has 0 N–H and O–H groups in total. The lowest BCUT2D eigenvalue weighted by Gasteiger charge is -2.09. The lowest BCUT2D eigenvalue weighted by molar-refractivity contribution is 0.415. The number of rotatable bonds is 5. The van der Waals surface area contributed by atoms with Gasteiger partial charge in [0.2, 0.25) is 0 Å². The van der Waals surface area contributed by atoms with Crippen LogP contribution in [0.15, 0.2) is 65.1 Å². The first-order valence-corrected chi connectivity index (χ1v) is 8.19. The van der Waals surface area contributed by atoms with Crippen molar-refractivity contribution in [3.05, 3.63) is 76.8 Å². The van der Waals surface area contributed by atoms with E-state index in [0.717, 1.165) is 16.9 Å². The number of methoxy groups -OCH3 is 1. The van der Waals surface area contributed by atoms with E-state index in [1.165, 1.54) is 5.56 Å². The highest BCUT2D eigenvalue weighted by Gasteiger charge is 2.12. The van der Waals surface area contributed by atoms with Gasteiger partial charge in [0, 0.05) is 10.6 Å². The minimum absolute atomic E-state index is 0.312. The van der Waals surface area contributed by atoms with Gasteiger partial charge in [0.15, 0.2) is 0 Å². The predicted octanol–water partition coefficient (Wildman–Crippen LogP) is 6.28. The molecule has 4 heteroatoms. The summed E-state index contributed by atoms with van der Waals surface area (Å²) in [5.41, 5.74) is 4.22. The third-order valence-electron chi connectivity index (χ3n) is 3.55. The van der Waals surface area contributed by atoms with Crippen LogP contribution >= 0.6 is 23.2 Å². The normalized spacial score (nSPS) is 12.6. The van der Waals surface area contributed by atoms with Gasteiger partial charge in [-0.15, -0.1) is 0 Å². The molecule has 0 saturated carbocycles. The Morgan fingerprint density at radius 3 is 2.00 bits per heavy atom. The van der Waals surface area contributed by atoms with Crippen LogP contribution < -0.4 is 4.74 Å². The number of benzene rings is 2. The van der Waals surface area contributed by atoms with Gasteiger partial charge in [0.1, 0.15) is 10.9 Å². The van der Waals surface area contributed by atoms with Gasteiger partial charge in [-0.2, -0.15) is 0 Å². The molecule has 0 aromatic heterocycles. The van der Waals surface area contributed by atoms with Crippen LogP contribution in [-0.4, -0.2) is 12.3 Å². The van der Waals surface area contributed by atoms with Crippen molar-refractivity contribution in [3.8, 4) is 5.75 Å². The van der Waals surface area contributed by atoms with Crippen LogP contribution in [0.5, 0.6) is 5.75 Å². The number of aliphatic imine (C=N–C) groups is 1. The second-order valence-electron chi connectivity index (χ2n) is 5.35. The van der Waals surface area contributed by atoms with E-state index in [0.29, 0.717) is 21.5 Å². The molecule has 0 aliphatic heterocycles. The molecule has 0 fully saturated rings. The van der Waals surface area contributed by atoms with Gasteiger partial charge in [-0.05, 0) is 49.2 Å². The topological polar surface area (TPSA) is 21.6 Å². The van der Waals surface area contributed by atoms with Crippen LogP contribution in [0.25, 0.3) is 11.3 Å². The van der Waals surface area contributed by atoms with Crippen molar-refractivity contribution in [2.45, 2.75) is 13.8 Å². The van der Waals surface area contributed by atoms with Gasteiger partial charge >= 0.3 is 0 Å². The zero-order valence-electron chi connectivity index (χ0n) is 13.9. The smallest absolute Gasteiger partial charge is 0.138 e. The molecule has 0 unspecified atom stereocenters. The Balaban J connectivity index is 2.33. The number of aryl methyl sites for hydroxylation is 1. The van der Waals surface area contributed by atoms with Crippen LogP contribution in [0.2, 0.25) is 0 Å². The van der Waals surface area contributed by atoms with E-state index in [9.17, 15) is 0 Å². The molecular formula is C20H19Cl2NO. The van der Waals surface area contributed by atoms with Crippen molar-refractivity contribution in [3.63, 3.8) is 0 Å². The van der Waals surface area contributed by atoms with E-state index in [1.54, 1.807) is 14.0 Å². The van der Waals surface area contributed by atoms with Gasteiger partial charge < -0.3 is 4.74 Å². The Labute approximate surface area is 153 Å². The van der Waals surface area contributed by atoms with E-state index in [1.807, 2.05) is 55.5 Å². The average Bonchev–Trinajstić information content (AvgIpc) is 2.56. The second-order valence-corrected chi connectivity index (χ2v) is 6.28. The summed E-state index contributed by atoms with van der Waals surface area (Å²) in [6.45, 7) is 7.82. The molecule has 2 nitrogen and oxygen atoms in total. The second kappa shape index (κ2) is 8.18. The van der Waals surface area contributed by atoms with E-state index in [-0.39, 0.29) is 0 Å². The van der Waals surface area contributed by atoms with Crippen LogP contribution in [0.4, 0.5) is 0 Å². The fourth-order valence-corrected chi connectivity index (χ4v) is 2.80. The summed E-state index contributed by atoms with van der Waals surface area (Å²) < 4.78 is 5.15. The zero-order valence-corrected chi connectivity index (χ0v) is 15.4. The molecule has 0 spiro atoms. The number of halogens is 2. The van der Waals surface area contributed by atoms with Crippen LogP contribution in [0.1, 0.15) is 23.6 Å². The summed E-state index contributed by atoms with van der Waals surface area (Å²) in [4.78, 5) is 4.43. The molecule has 2 aromatic carbocycles. The first-order chi connectivity index (χ1) is 11.4. The molecule has 0 amide bonds. The Kier molecular flexibility index (Phi) is 6.24. The SMILES string of the molecule is C=C(N=C(Cl)/C(=C(\C)Cl)c1ccc(C)cc1)c1ccc(OC)cc1. The summed E-state index contributed by atoms with van der Waals surface area (Å²) in [5, 5.41) is 0.891. The van der Waals surface area contributed by atoms with Gasteiger partial charge in [-0.25, -0.2) is 4.99 Å². The van der Waals surface area contributed by atoms with E-state index < -0.39 is 0 Å². The monoisotopic (exact) mass is 359 g/mol. The summed E-state index contributed by atoms with van der Waals surface area (Å²) in [6, 6.07) is 15.5. The van der Waals surface area contributed by atoms with Crippen molar-refractivity contribution in [2.75, 3.05) is 7.11 Å². The number of hydrogen-bond donors (Lipinski definition) is 0. The van der Waals surface area contributed by atoms with Crippen LogP contribution in [0, 0.1) is 6.92 Å². The molecule has 0 heterocycles. The molecule has 0 atom stereocenters. The number of hydrogen-bond acceptors (Lipinski definition) is 2. The minimum Gasteiger partial charge on any atom is -0.497 e. The standard InChI is InChI=1S/C20H19Cl2NO/c1-13-5-7-17(8-6-13)19(14(2)21)20(22)23-15(3)16-9-11-18(24-4)12-10-16/h5-12H,3H2,1-2,4H3/b19-14+,23-20?. The van der Waals surface area contributed by atoms with E-state index >= 15 is 0 Å². The van der Waals surface area contributed by atoms with Gasteiger partial charge in [-0.3, -0.25) is 0 Å². The highest BCUT2D eigenvalue weighted by Crippen LogP contribution is 2.27. The quantitative estimate of drug-likeness (QED) is 0.575. The Hall–Kier alpha value is -2.03. The molecule has 0 bridgehead atoms. The van der Waals surface area contributed by atoms with E-state index in [2.05, 4.69) is 11.6 Å². The first-order valence-electron chi connectivity index (χ1n) is 7.43. The maximum absolute atomic E-state index is 6.44. The summed E-state index contributed by atoms with van der Waals surface area (Å²) >= 11 is 12.7. The van der Waals surface area contributed by atoms with Crippen molar-refractivity contribution < 1.29 is 4.74 Å². The van der Waals surface area contributed by atoms with Gasteiger partial charge in [-0.1, -0.05) is 59.6 Å². The maximum Gasteiger partial charge on any atom is 0.138 e. The largest absolute Gasteiger partial charge is 0.497 e. The van der Waals surface area contributed by atoms with Crippen LogP contribution in [0.3, 0.4) is 0 Å². The van der Waals surface area contributed by atoms with Crippen molar-refractivity contribution in [2.24, 2.45) is 4.99 Å². The summed E-state index contributed by atoms with van der Waals surface area (Å²) in [6.07, 6.45) is 0. The number of nitrogens with zero attached hydrogens (tertiary/aromatic N) is 1. The Bertz CT molecular complexity index is 783. The van der Waals surface area contributed by atoms with Gasteiger partial charge in [0.05, 0.1) is 12.8 Å².